The standard InChI is InChI=1S/2C17H18N2O6.2ClH.Cu/c2*1-9-13(16(20)24-3)15(14(10(2)18-9)17(21)25-4)11-7-5-6-8-12(11)19(22)23;;;/h2*5-8,15,20H,1-4H3;2*1H;/q;;;;+2/p-4/b2*16-13+;;;. The van der Waals surface area contributed by atoms with Gasteiger partial charge in [-0.3, -0.25) is 30.2 Å². The quantitative estimate of drug-likeness (QED) is 0.112. The fourth-order valence-corrected chi connectivity index (χ4v) is 5.79. The van der Waals surface area contributed by atoms with Crippen molar-refractivity contribution < 1.29 is 61.7 Å². The molecular weight excluding hydrogens is 791 g/mol. The zero-order chi connectivity index (χ0) is 40.2. The van der Waals surface area contributed by atoms with Crippen LogP contribution in [0.4, 0.5) is 11.4 Å². The number of hydrogen-bond donors (Lipinski definition) is 0. The van der Waals surface area contributed by atoms with Crippen LogP contribution in [0.15, 0.2) is 104 Å². The molecule has 0 fully saturated rings. The molecule has 2 aromatic rings. The predicted molar refractivity (Wildman–Crippen MR) is 187 cm³/mol. The van der Waals surface area contributed by atoms with E-state index in [4.69, 9.17) is 18.9 Å². The van der Waals surface area contributed by atoms with Gasteiger partial charge in [-0.05, 0) is 41.9 Å². The number of carbonyl (C=O) groups excluding carboxylic acids is 2. The van der Waals surface area contributed by atoms with E-state index in [1.807, 2.05) is 0 Å². The van der Waals surface area contributed by atoms with Gasteiger partial charge in [0.15, 0.2) is 0 Å². The van der Waals surface area contributed by atoms with Crippen LogP contribution in [0.3, 0.4) is 0 Å². The first-order chi connectivity index (χ1) is 25.1. The second-order valence-corrected chi connectivity index (χ2v) is 12.3. The Kier molecular flexibility index (Phi) is 16.7. The van der Waals surface area contributed by atoms with E-state index in [2.05, 4.69) is 30.2 Å². The van der Waals surface area contributed by atoms with E-state index in [-0.39, 0.29) is 44.8 Å². The van der Waals surface area contributed by atoms with Crippen molar-refractivity contribution in [1.29, 1.82) is 0 Å². The number of aliphatic imine (C=N–C) groups is 2. The van der Waals surface area contributed by atoms with Crippen LogP contribution in [0.25, 0.3) is 0 Å². The number of nitro benzene ring substituents is 2. The van der Waals surface area contributed by atoms with Crippen LogP contribution in [0.1, 0.15) is 50.7 Å². The number of methoxy groups -OCH3 is 4. The topological polar surface area (TPSA) is 228 Å². The average molecular weight is 825 g/mol. The molecule has 0 spiro atoms. The zero-order valence-corrected chi connectivity index (χ0v) is 32.0. The number of carbonyl (C=O) groups is 2. The van der Waals surface area contributed by atoms with Crippen molar-refractivity contribution in [2.75, 3.05) is 28.4 Å². The molecule has 289 valence electrons. The van der Waals surface area contributed by atoms with Gasteiger partial charge in [0.25, 0.3) is 11.4 Å². The number of ether oxygens (including phenoxy) is 4. The zero-order valence-electron chi connectivity index (χ0n) is 29.5. The third-order valence-electron chi connectivity index (χ3n) is 7.89. The number of allylic oxidation sites excluding steroid dienone is 4. The molecule has 2 unspecified atom stereocenters. The molecule has 0 N–H and O–H groups in total. The summed E-state index contributed by atoms with van der Waals surface area (Å²) in [5, 5.41) is 47.5. The van der Waals surface area contributed by atoms with E-state index in [0.29, 0.717) is 22.8 Å². The molecule has 0 radical (unpaired) electrons. The van der Waals surface area contributed by atoms with Gasteiger partial charge in [-0.15, -0.1) is 0 Å². The molecule has 0 bridgehead atoms. The summed E-state index contributed by atoms with van der Waals surface area (Å²) in [6, 6.07) is 11.9. The summed E-state index contributed by atoms with van der Waals surface area (Å²) >= 11 is 0.757. The summed E-state index contributed by atoms with van der Waals surface area (Å²) < 4.78 is 19.2. The van der Waals surface area contributed by atoms with Crippen molar-refractivity contribution in [3.63, 3.8) is 0 Å². The maximum absolute atomic E-state index is 12.3. The molecule has 19 heteroatoms. The van der Waals surface area contributed by atoms with Gasteiger partial charge in [0.1, 0.15) is 0 Å². The van der Waals surface area contributed by atoms with Crippen molar-refractivity contribution in [3.8, 4) is 0 Å². The fraction of sp³-hybridized carbons (Fsp3) is 0.294. The summed E-state index contributed by atoms with van der Waals surface area (Å²) in [6.45, 7) is 6.36. The Bertz CT molecular complexity index is 1820. The van der Waals surface area contributed by atoms with Crippen LogP contribution in [0.2, 0.25) is 0 Å². The number of rotatable bonds is 8. The average Bonchev–Trinajstić information content (AvgIpc) is 3.13. The molecular formula is C34H34Cl2CuN4O12-2. The van der Waals surface area contributed by atoms with Gasteiger partial charge in [-0.2, -0.15) is 0 Å². The molecule has 2 aliphatic heterocycles. The molecule has 0 aromatic heterocycles. The van der Waals surface area contributed by atoms with E-state index in [0.717, 1.165) is 13.1 Å². The van der Waals surface area contributed by atoms with Crippen LogP contribution < -0.4 is 10.2 Å². The first-order valence-corrected chi connectivity index (χ1v) is 17.5. The Balaban J connectivity index is 0.000000341. The Morgan fingerprint density at radius 2 is 0.943 bits per heavy atom. The summed E-state index contributed by atoms with van der Waals surface area (Å²) in [7, 11) is 14.1. The Hall–Kier alpha value is -5.22. The fourth-order valence-electron chi connectivity index (χ4n) is 5.79. The van der Waals surface area contributed by atoms with E-state index in [9.17, 15) is 40.0 Å². The predicted octanol–water partition coefficient (Wildman–Crippen LogP) is 5.01. The first-order valence-electron chi connectivity index (χ1n) is 15.0. The summed E-state index contributed by atoms with van der Waals surface area (Å²) in [5.41, 5.74) is 1.59. The molecule has 0 amide bonds. The van der Waals surface area contributed by atoms with E-state index in [1.54, 1.807) is 39.8 Å². The van der Waals surface area contributed by atoms with Gasteiger partial charge in [0, 0.05) is 57.2 Å². The normalized spacial score (nSPS) is 18.5. The number of nitrogens with zero attached hydrogens (tertiary/aromatic N) is 4. The van der Waals surface area contributed by atoms with Crippen molar-refractivity contribution in [2.45, 2.75) is 39.5 Å². The second kappa shape index (κ2) is 20.1. The third-order valence-corrected chi connectivity index (χ3v) is 7.89. The van der Waals surface area contributed by atoms with Gasteiger partial charge in [-0.1, -0.05) is 36.4 Å². The molecule has 0 saturated carbocycles. The Morgan fingerprint density at radius 1 is 0.642 bits per heavy atom. The Morgan fingerprint density at radius 3 is 1.21 bits per heavy atom. The molecule has 53 heavy (non-hydrogen) atoms. The SMILES string of the molecule is COC(=O)C1=C(C)N=C(C)/C(=C(/[O-])OC)C1c1ccccc1[N+](=O)[O-].COC(=O)C1=C(C)N=C(C)/C(=C(/[O-])OC)C1c1ccccc1[N+](=O)[O-].[Cl][Cu][Cl]. The number of nitro groups is 2. The number of esters is 2. The molecule has 2 aromatic carbocycles. The van der Waals surface area contributed by atoms with E-state index in [1.165, 1.54) is 64.8 Å². The molecule has 2 heterocycles. The summed E-state index contributed by atoms with van der Waals surface area (Å²) in [4.78, 5) is 54.8. The van der Waals surface area contributed by atoms with Gasteiger partial charge in [-0.25, -0.2) is 9.59 Å². The van der Waals surface area contributed by atoms with Crippen molar-refractivity contribution in [1.82, 2.24) is 0 Å². The summed E-state index contributed by atoms with van der Waals surface area (Å²) in [6.07, 6.45) is 0. The van der Waals surface area contributed by atoms with Crippen molar-refractivity contribution >= 4 is 54.9 Å². The molecule has 0 aliphatic carbocycles. The molecule has 2 aliphatic rings. The first kappa shape index (κ1) is 43.9. The van der Waals surface area contributed by atoms with Gasteiger partial charge >= 0.3 is 45.3 Å². The summed E-state index contributed by atoms with van der Waals surface area (Å²) in [5.74, 6) is -4.84. The minimum atomic E-state index is -1.00. The van der Waals surface area contributed by atoms with Crippen LogP contribution in [-0.2, 0) is 41.7 Å². The van der Waals surface area contributed by atoms with E-state index >= 15 is 0 Å². The third kappa shape index (κ3) is 10.0. The van der Waals surface area contributed by atoms with Crippen LogP contribution >= 0.6 is 20.2 Å². The Labute approximate surface area is 319 Å². The van der Waals surface area contributed by atoms with Crippen LogP contribution in [0.5, 0.6) is 0 Å². The van der Waals surface area contributed by atoms with Crippen LogP contribution in [-0.4, -0.2) is 61.6 Å². The monoisotopic (exact) mass is 823 g/mol. The van der Waals surface area contributed by atoms with Gasteiger partial charge < -0.3 is 29.2 Å². The maximum atomic E-state index is 12.3. The number of benzene rings is 2. The number of para-hydroxylation sites is 2. The van der Waals surface area contributed by atoms with Crippen molar-refractivity contribution in [2.24, 2.45) is 9.98 Å². The second-order valence-electron chi connectivity index (χ2n) is 10.7. The molecule has 4 rings (SSSR count). The van der Waals surface area contributed by atoms with Gasteiger partial charge in [0.05, 0.1) is 58.9 Å². The molecule has 0 saturated heterocycles. The van der Waals surface area contributed by atoms with E-state index < -0.39 is 45.5 Å². The van der Waals surface area contributed by atoms with Crippen molar-refractivity contribution in [3.05, 3.63) is 125 Å². The molecule has 2 atom stereocenters. The molecule has 16 nitrogen and oxygen atoms in total. The number of halogens is 2. The van der Waals surface area contributed by atoms with Crippen LogP contribution in [0, 0.1) is 20.2 Å². The van der Waals surface area contributed by atoms with Gasteiger partial charge in [0.2, 0.25) is 0 Å². The minimum absolute atomic E-state index is 0.0720. The number of hydrogen-bond acceptors (Lipinski definition) is 14.